The van der Waals surface area contributed by atoms with E-state index in [-0.39, 0.29) is 17.7 Å². The number of pyridine rings is 1. The van der Waals surface area contributed by atoms with E-state index in [9.17, 15) is 13.2 Å². The van der Waals surface area contributed by atoms with Crippen LogP contribution >= 0.6 is 15.9 Å². The summed E-state index contributed by atoms with van der Waals surface area (Å²) in [6.07, 6.45) is 1.18. The molecule has 6 nitrogen and oxygen atoms in total. The van der Waals surface area contributed by atoms with E-state index in [4.69, 9.17) is 4.74 Å². The van der Waals surface area contributed by atoms with Crippen LogP contribution in [0.2, 0.25) is 0 Å². The maximum Gasteiger partial charge on any atom is 0.281 e. The zero-order valence-corrected chi connectivity index (χ0v) is 12.3. The van der Waals surface area contributed by atoms with Gasteiger partial charge in [-0.15, -0.1) is 0 Å². The fourth-order valence-corrected chi connectivity index (χ4v) is 2.44. The highest BCUT2D eigenvalue weighted by molar-refractivity contribution is 9.10. The third-order valence-corrected chi connectivity index (χ3v) is 3.53. The van der Waals surface area contributed by atoms with E-state index in [1.807, 2.05) is 4.72 Å². The maximum absolute atomic E-state index is 11.8. The number of halogens is 1. The number of hydrogen-bond donors (Lipinski definition) is 1. The first-order valence-corrected chi connectivity index (χ1v) is 7.37. The summed E-state index contributed by atoms with van der Waals surface area (Å²) in [4.78, 5) is 15.1. The van der Waals surface area contributed by atoms with Gasteiger partial charge in [0.15, 0.2) is 5.03 Å². The highest BCUT2D eigenvalue weighted by atomic mass is 79.9. The second-order valence-electron chi connectivity index (χ2n) is 3.70. The lowest BCUT2D eigenvalue weighted by Gasteiger charge is -2.08. The largest absolute Gasteiger partial charge is 0.369 e. The molecule has 0 spiro atoms. The second kappa shape index (κ2) is 6.26. The summed E-state index contributed by atoms with van der Waals surface area (Å²) in [6.45, 7) is 3.18. The molecule has 100 valence electrons. The van der Waals surface area contributed by atoms with Crippen LogP contribution < -0.4 is 4.72 Å². The van der Waals surface area contributed by atoms with Gasteiger partial charge in [-0.05, 0) is 26.0 Å². The molecule has 0 radical (unpaired) electrons. The molecule has 1 N–H and O–H groups in total. The summed E-state index contributed by atoms with van der Waals surface area (Å²) in [6, 6.07) is 2.89. The summed E-state index contributed by atoms with van der Waals surface area (Å²) < 4.78 is 31.0. The summed E-state index contributed by atoms with van der Waals surface area (Å²) in [5.41, 5.74) is 0. The first kappa shape index (κ1) is 15.1. The molecule has 0 aliphatic rings. The molecule has 0 saturated carbocycles. The molecule has 18 heavy (non-hydrogen) atoms. The van der Waals surface area contributed by atoms with Gasteiger partial charge in [0.2, 0.25) is 0 Å². The Labute approximate surface area is 114 Å². The van der Waals surface area contributed by atoms with Crippen molar-refractivity contribution in [3.8, 4) is 0 Å². The molecule has 1 rings (SSSR count). The van der Waals surface area contributed by atoms with E-state index in [2.05, 4.69) is 20.9 Å². The van der Waals surface area contributed by atoms with Gasteiger partial charge in [-0.3, -0.25) is 4.79 Å². The number of aromatic nitrogens is 1. The van der Waals surface area contributed by atoms with Gasteiger partial charge in [0, 0.05) is 10.7 Å². The number of nitrogens with one attached hydrogen (secondary N) is 1. The van der Waals surface area contributed by atoms with Gasteiger partial charge in [-0.2, -0.15) is 8.42 Å². The number of ether oxygens (including phenoxy) is 1. The molecule has 0 aliphatic heterocycles. The first-order chi connectivity index (χ1) is 8.31. The standard InChI is InChI=1S/C10H13BrN2O4S/c1-7(2)17-6-9(14)13-18(15,16)10-5-8(11)3-4-12-10/h3-5,7H,6H2,1-2H3,(H,13,14). The number of carbonyl (C=O) groups excluding carboxylic acids is 1. The predicted octanol–water partition coefficient (Wildman–Crippen LogP) is 1.07. The first-order valence-electron chi connectivity index (χ1n) is 5.10. The molecule has 8 heteroatoms. The van der Waals surface area contributed by atoms with Gasteiger partial charge in [-0.1, -0.05) is 15.9 Å². The number of hydrogen-bond acceptors (Lipinski definition) is 5. The molecule has 1 aromatic rings. The van der Waals surface area contributed by atoms with E-state index in [0.717, 1.165) is 0 Å². The topological polar surface area (TPSA) is 85.4 Å². The summed E-state index contributed by atoms with van der Waals surface area (Å²) >= 11 is 3.13. The lowest BCUT2D eigenvalue weighted by molar-refractivity contribution is -0.125. The Balaban J connectivity index is 2.74. The summed E-state index contributed by atoms with van der Waals surface area (Å²) in [5.74, 6) is -0.731. The lowest BCUT2D eigenvalue weighted by atomic mass is 10.5. The van der Waals surface area contributed by atoms with Gasteiger partial charge < -0.3 is 4.74 Å². The normalized spacial score (nSPS) is 11.6. The summed E-state index contributed by atoms with van der Waals surface area (Å²) in [7, 11) is -3.95. The van der Waals surface area contributed by atoms with Crippen LogP contribution in [0.15, 0.2) is 27.8 Å². The van der Waals surface area contributed by atoms with Crippen molar-refractivity contribution in [2.45, 2.75) is 25.0 Å². The molecular weight excluding hydrogens is 324 g/mol. The van der Waals surface area contributed by atoms with Crippen LogP contribution in [0.25, 0.3) is 0 Å². The number of carbonyl (C=O) groups is 1. The smallest absolute Gasteiger partial charge is 0.281 e. The predicted molar refractivity (Wildman–Crippen MR) is 68.4 cm³/mol. The molecular formula is C10H13BrN2O4S. The van der Waals surface area contributed by atoms with Gasteiger partial charge in [0.1, 0.15) is 6.61 Å². The molecule has 0 saturated heterocycles. The molecule has 0 unspecified atom stereocenters. The van der Waals surface area contributed by atoms with Crippen molar-refractivity contribution in [1.29, 1.82) is 0 Å². The third kappa shape index (κ3) is 4.71. The van der Waals surface area contributed by atoms with Crippen LogP contribution in [0.3, 0.4) is 0 Å². The van der Waals surface area contributed by atoms with Gasteiger partial charge in [0.25, 0.3) is 15.9 Å². The average Bonchev–Trinajstić information content (AvgIpc) is 2.26. The van der Waals surface area contributed by atoms with Crippen molar-refractivity contribution in [2.24, 2.45) is 0 Å². The van der Waals surface area contributed by atoms with Crippen molar-refractivity contribution in [3.05, 3.63) is 22.8 Å². The van der Waals surface area contributed by atoms with Crippen LogP contribution in [0.1, 0.15) is 13.8 Å². The highest BCUT2D eigenvalue weighted by Crippen LogP contribution is 2.12. The van der Waals surface area contributed by atoms with E-state index < -0.39 is 15.9 Å². The van der Waals surface area contributed by atoms with Crippen molar-refractivity contribution in [1.82, 2.24) is 9.71 Å². The zero-order chi connectivity index (χ0) is 13.8. The highest BCUT2D eigenvalue weighted by Gasteiger charge is 2.19. The Kier molecular flexibility index (Phi) is 5.24. The average molecular weight is 337 g/mol. The van der Waals surface area contributed by atoms with Crippen molar-refractivity contribution < 1.29 is 17.9 Å². The molecule has 1 heterocycles. The molecule has 0 atom stereocenters. The fraction of sp³-hybridized carbons (Fsp3) is 0.400. The van der Waals surface area contributed by atoms with Crippen molar-refractivity contribution in [3.63, 3.8) is 0 Å². The number of rotatable bonds is 5. The molecule has 0 aliphatic carbocycles. The minimum atomic E-state index is -3.95. The third-order valence-electron chi connectivity index (χ3n) is 1.77. The van der Waals surface area contributed by atoms with Crippen molar-refractivity contribution in [2.75, 3.05) is 6.61 Å². The van der Waals surface area contributed by atoms with Gasteiger partial charge in [-0.25, -0.2) is 9.71 Å². The number of nitrogens with zero attached hydrogens (tertiary/aromatic N) is 1. The minimum absolute atomic E-state index is 0.151. The fourth-order valence-electron chi connectivity index (χ4n) is 1.01. The summed E-state index contributed by atoms with van der Waals surface area (Å²) in [5, 5.41) is -0.227. The van der Waals surface area contributed by atoms with Crippen LogP contribution in [0.5, 0.6) is 0 Å². The maximum atomic E-state index is 11.8. The Bertz CT molecular complexity index is 530. The SMILES string of the molecule is CC(C)OCC(=O)NS(=O)(=O)c1cc(Br)ccn1. The van der Waals surface area contributed by atoms with E-state index >= 15 is 0 Å². The quantitative estimate of drug-likeness (QED) is 0.869. The Morgan fingerprint density at radius 2 is 2.22 bits per heavy atom. The van der Waals surface area contributed by atoms with Crippen LogP contribution in [0, 0.1) is 0 Å². The van der Waals surface area contributed by atoms with E-state index in [0.29, 0.717) is 4.47 Å². The molecule has 1 amide bonds. The monoisotopic (exact) mass is 336 g/mol. The Morgan fingerprint density at radius 3 is 2.78 bits per heavy atom. The zero-order valence-electron chi connectivity index (χ0n) is 9.88. The van der Waals surface area contributed by atoms with Crippen LogP contribution in [-0.2, 0) is 19.6 Å². The number of sulfonamides is 1. The lowest BCUT2D eigenvalue weighted by Crippen LogP contribution is -2.34. The molecule has 0 bridgehead atoms. The Morgan fingerprint density at radius 1 is 1.56 bits per heavy atom. The minimum Gasteiger partial charge on any atom is -0.369 e. The molecule has 0 aromatic carbocycles. The van der Waals surface area contributed by atoms with Crippen LogP contribution in [-0.4, -0.2) is 32.0 Å². The van der Waals surface area contributed by atoms with E-state index in [1.54, 1.807) is 19.9 Å². The van der Waals surface area contributed by atoms with Gasteiger partial charge in [0.05, 0.1) is 6.10 Å². The second-order valence-corrected chi connectivity index (χ2v) is 6.25. The number of amides is 1. The van der Waals surface area contributed by atoms with E-state index in [1.165, 1.54) is 12.3 Å². The van der Waals surface area contributed by atoms with Crippen LogP contribution in [0.4, 0.5) is 0 Å². The van der Waals surface area contributed by atoms with Gasteiger partial charge >= 0.3 is 0 Å². The molecule has 1 aromatic heterocycles. The Hall–Kier alpha value is -0.990. The molecule has 0 fully saturated rings. The van der Waals surface area contributed by atoms with Crippen molar-refractivity contribution >= 4 is 31.9 Å².